The van der Waals surface area contributed by atoms with E-state index in [2.05, 4.69) is 45.0 Å². The Hall–Kier alpha value is -5.67. The molecule has 3 aromatic carbocycles. The largest absolute Gasteiger partial charge is 0.491 e. The van der Waals surface area contributed by atoms with Crippen molar-refractivity contribution in [3.63, 3.8) is 0 Å². The fourth-order valence-corrected chi connectivity index (χ4v) is 10.9. The van der Waals surface area contributed by atoms with Gasteiger partial charge in [-0.15, -0.1) is 0 Å². The number of rotatable bonds is 16. The molecule has 320 valence electrons. The Balaban J connectivity index is 0.845. The number of benzene rings is 3. The lowest BCUT2D eigenvalue weighted by molar-refractivity contribution is 0.0985. The summed E-state index contributed by atoms with van der Waals surface area (Å²) < 4.78 is 54.5. The first-order valence-electron chi connectivity index (χ1n) is 21.0. The van der Waals surface area contributed by atoms with E-state index < -0.39 is 14.5 Å². The van der Waals surface area contributed by atoms with E-state index in [1.54, 1.807) is 18.5 Å². The monoisotopic (exact) mass is 874 g/mol. The molecule has 0 spiro atoms. The molecule has 62 heavy (non-hydrogen) atoms. The van der Waals surface area contributed by atoms with Gasteiger partial charge in [-0.2, -0.15) is 5.10 Å². The number of fused-ring (bicyclic) bond motifs is 2. The van der Waals surface area contributed by atoms with Gasteiger partial charge in [0.1, 0.15) is 29.6 Å². The third-order valence-corrected chi connectivity index (χ3v) is 14.9. The van der Waals surface area contributed by atoms with Crippen molar-refractivity contribution in [2.45, 2.75) is 50.3 Å². The molecule has 12 nitrogen and oxygen atoms in total. The number of ether oxygens (including phenoxy) is 3. The van der Waals surface area contributed by atoms with E-state index in [1.807, 2.05) is 60.8 Å². The van der Waals surface area contributed by atoms with Gasteiger partial charge in [-0.1, -0.05) is 42.8 Å². The summed E-state index contributed by atoms with van der Waals surface area (Å²) in [5.74, 6) is 1.79. The van der Waals surface area contributed by atoms with Crippen LogP contribution in [0.3, 0.4) is 0 Å². The first-order valence-corrected chi connectivity index (χ1v) is 23.1. The Morgan fingerprint density at radius 3 is 2.66 bits per heavy atom. The molecule has 0 bridgehead atoms. The predicted molar refractivity (Wildman–Crippen MR) is 242 cm³/mol. The molecular weight excluding hydrogens is 827 g/mol. The van der Waals surface area contributed by atoms with E-state index in [9.17, 15) is 13.4 Å². The second-order valence-corrected chi connectivity index (χ2v) is 18.8. The third-order valence-electron chi connectivity index (χ3n) is 11.9. The zero-order chi connectivity index (χ0) is 42.8. The second-order valence-electron chi connectivity index (χ2n) is 15.9. The Morgan fingerprint density at radius 2 is 1.87 bits per heavy atom. The van der Waals surface area contributed by atoms with Crippen LogP contribution in [0.25, 0.3) is 44.5 Å². The van der Waals surface area contributed by atoms with Crippen molar-refractivity contribution in [2.24, 2.45) is 0 Å². The van der Waals surface area contributed by atoms with Crippen LogP contribution in [-0.4, -0.2) is 85.7 Å². The molecule has 5 heterocycles. The van der Waals surface area contributed by atoms with Gasteiger partial charge < -0.3 is 24.1 Å². The van der Waals surface area contributed by atoms with Gasteiger partial charge in [0.25, 0.3) is 0 Å². The second kappa shape index (κ2) is 17.6. The minimum atomic E-state index is -3.09. The normalized spacial score (nSPS) is 17.5. The maximum absolute atomic E-state index is 14.3. The number of morpholine rings is 1. The van der Waals surface area contributed by atoms with E-state index in [0.717, 1.165) is 61.2 Å². The Kier molecular flexibility index (Phi) is 11.8. The van der Waals surface area contributed by atoms with Crippen LogP contribution in [0.2, 0.25) is 5.02 Å². The SMILES string of the molecule is CC/C(=C(/c1ccc(OCCOCCCS(=N)(=O)C2(c3cc(N4CCOC[C@H]4C)nc(-c4ccnc5[nH]ccc45)n3)CC2)cc1)c1ccc2[nH]ncc2c1)c1ccc(F)cc1Cl. The smallest absolute Gasteiger partial charge is 0.162 e. The van der Waals surface area contributed by atoms with Crippen LogP contribution in [0, 0.1) is 10.6 Å². The van der Waals surface area contributed by atoms with Crippen LogP contribution in [0.15, 0.2) is 97.5 Å². The highest BCUT2D eigenvalue weighted by atomic mass is 35.5. The number of anilines is 1. The molecular formula is C47H48ClFN8O4S. The number of aromatic nitrogens is 6. The van der Waals surface area contributed by atoms with Gasteiger partial charge in [0.15, 0.2) is 5.82 Å². The maximum atomic E-state index is 14.3. The highest BCUT2D eigenvalue weighted by Crippen LogP contribution is 2.54. The zero-order valence-corrected chi connectivity index (χ0v) is 36.2. The number of hydrogen-bond donors (Lipinski definition) is 3. The van der Waals surface area contributed by atoms with E-state index in [0.29, 0.717) is 87.6 Å². The molecule has 1 saturated heterocycles. The maximum Gasteiger partial charge on any atom is 0.162 e. The molecule has 1 aliphatic heterocycles. The molecule has 2 aliphatic rings. The molecule has 0 amide bonds. The predicted octanol–water partition coefficient (Wildman–Crippen LogP) is 9.80. The third kappa shape index (κ3) is 8.31. The highest BCUT2D eigenvalue weighted by molar-refractivity contribution is 7.93. The molecule has 15 heteroatoms. The summed E-state index contributed by atoms with van der Waals surface area (Å²) in [6.07, 6.45) is 7.76. The minimum Gasteiger partial charge on any atom is -0.491 e. The summed E-state index contributed by atoms with van der Waals surface area (Å²) in [6.45, 7) is 7.03. The number of hydrogen-bond acceptors (Lipinski definition) is 10. The summed E-state index contributed by atoms with van der Waals surface area (Å²) in [5.41, 5.74) is 7.86. The molecule has 1 unspecified atom stereocenters. The van der Waals surface area contributed by atoms with Crippen molar-refractivity contribution in [1.29, 1.82) is 4.78 Å². The summed E-state index contributed by atoms with van der Waals surface area (Å²) in [5, 5.41) is 9.44. The first kappa shape index (κ1) is 41.7. The van der Waals surface area contributed by atoms with E-state index in [4.69, 9.17) is 35.8 Å². The van der Waals surface area contributed by atoms with Crippen LogP contribution in [-0.2, 0) is 23.9 Å². The molecule has 4 aromatic heterocycles. The highest BCUT2D eigenvalue weighted by Gasteiger charge is 2.54. The quantitative estimate of drug-likeness (QED) is 0.0636. The van der Waals surface area contributed by atoms with Gasteiger partial charge in [0, 0.05) is 53.7 Å². The number of nitrogens with one attached hydrogen (secondary N) is 3. The molecule has 9 rings (SSSR count). The summed E-state index contributed by atoms with van der Waals surface area (Å²) >= 11 is 6.61. The van der Waals surface area contributed by atoms with Crippen molar-refractivity contribution < 1.29 is 22.8 Å². The average Bonchev–Trinajstić information content (AvgIpc) is 3.74. The van der Waals surface area contributed by atoms with Gasteiger partial charge in [-0.05, 0) is 109 Å². The van der Waals surface area contributed by atoms with Crippen molar-refractivity contribution in [1.82, 2.24) is 30.1 Å². The van der Waals surface area contributed by atoms with Crippen molar-refractivity contribution in [3.8, 4) is 17.1 Å². The number of nitrogens with zero attached hydrogens (tertiary/aromatic N) is 5. The Bertz CT molecular complexity index is 2880. The molecule has 1 saturated carbocycles. The molecule has 0 radical (unpaired) electrons. The molecule has 1 aliphatic carbocycles. The number of H-pyrrole nitrogens is 2. The number of allylic oxidation sites excluding steroid dienone is 1. The van der Waals surface area contributed by atoms with E-state index >= 15 is 0 Å². The Morgan fingerprint density at radius 1 is 1.03 bits per heavy atom. The lowest BCUT2D eigenvalue weighted by Crippen LogP contribution is -2.44. The van der Waals surface area contributed by atoms with Crippen LogP contribution in [0.4, 0.5) is 10.2 Å². The van der Waals surface area contributed by atoms with E-state index in [1.165, 1.54) is 12.1 Å². The fourth-order valence-electron chi connectivity index (χ4n) is 8.47. The zero-order valence-electron chi connectivity index (χ0n) is 34.6. The van der Waals surface area contributed by atoms with Crippen LogP contribution < -0.4 is 9.64 Å². The fraction of sp³-hybridized carbons (Fsp3) is 0.319. The number of aromatic amines is 2. The molecule has 7 aromatic rings. The van der Waals surface area contributed by atoms with Crippen LogP contribution in [0.5, 0.6) is 5.75 Å². The minimum absolute atomic E-state index is 0.104. The summed E-state index contributed by atoms with van der Waals surface area (Å²) in [6, 6.07) is 24.5. The van der Waals surface area contributed by atoms with Crippen molar-refractivity contribution in [3.05, 3.63) is 131 Å². The van der Waals surface area contributed by atoms with E-state index in [-0.39, 0.29) is 17.6 Å². The Labute approximate surface area is 364 Å². The van der Waals surface area contributed by atoms with Gasteiger partial charge in [-0.25, -0.2) is 23.6 Å². The average molecular weight is 875 g/mol. The van der Waals surface area contributed by atoms with Gasteiger partial charge >= 0.3 is 0 Å². The lowest BCUT2D eigenvalue weighted by atomic mass is 9.87. The molecule has 2 fully saturated rings. The first-order chi connectivity index (χ1) is 30.1. The van der Waals surface area contributed by atoms with Crippen molar-refractivity contribution in [2.75, 3.05) is 50.2 Å². The van der Waals surface area contributed by atoms with Gasteiger partial charge in [0.2, 0.25) is 0 Å². The lowest BCUT2D eigenvalue weighted by Gasteiger charge is -2.35. The van der Waals surface area contributed by atoms with Crippen molar-refractivity contribution >= 4 is 60.2 Å². The standard InChI is InChI=1S/C47H48ClFN8O4S/c1-3-36(37-11-8-34(49)26-40(37)48)44(32-7-12-41-33(25-32)28-53-56-41)31-5-9-35(10-6-31)61-23-22-59-20-4-24-62(50,58)47(15-16-47)42-27-43(57-19-21-60-29-30(57)2)55-46(54-42)39-14-18-52-45-38(39)13-17-51-45/h5-14,17-18,25-28,30,50H,3-4,15-16,19-24,29H2,1-2H3,(H,51,52)(H,53,56)/b44-36+/t30-,62?/m1/s1. The number of halogens is 2. The molecule has 2 atom stereocenters. The summed E-state index contributed by atoms with van der Waals surface area (Å²) in [7, 11) is -3.09. The number of pyridine rings is 1. The van der Waals surface area contributed by atoms with Gasteiger partial charge in [-0.3, -0.25) is 9.88 Å². The summed E-state index contributed by atoms with van der Waals surface area (Å²) in [4.78, 5) is 19.9. The van der Waals surface area contributed by atoms with Crippen LogP contribution >= 0.6 is 11.6 Å². The van der Waals surface area contributed by atoms with Gasteiger partial charge in [0.05, 0.1) is 62.8 Å². The molecule has 3 N–H and O–H groups in total. The van der Waals surface area contributed by atoms with Crippen LogP contribution in [0.1, 0.15) is 61.9 Å². The topological polar surface area (TPSA) is 155 Å².